The van der Waals surface area contributed by atoms with Crippen molar-refractivity contribution in [1.82, 2.24) is 20.4 Å². The van der Waals surface area contributed by atoms with Crippen LogP contribution < -0.4 is 10.6 Å². The maximum absolute atomic E-state index is 13.5. The van der Waals surface area contributed by atoms with Crippen molar-refractivity contribution in [3.8, 4) is 6.07 Å². The van der Waals surface area contributed by atoms with Crippen molar-refractivity contribution in [3.05, 3.63) is 76.5 Å². The number of hydrogen-bond donors (Lipinski definition) is 3. The number of ether oxygens (including phenoxy) is 1. The first-order chi connectivity index (χ1) is 16.1. The van der Waals surface area contributed by atoms with Crippen molar-refractivity contribution in [1.29, 1.82) is 5.26 Å². The molecule has 0 radical (unpaired) electrons. The molecule has 0 aliphatic carbocycles. The Hall–Kier alpha value is -3.74. The summed E-state index contributed by atoms with van der Waals surface area (Å²) in [4.78, 5) is 4.54. The average molecular weight is 464 g/mol. The molecule has 33 heavy (non-hydrogen) atoms. The second kappa shape index (κ2) is 9.02. The van der Waals surface area contributed by atoms with Gasteiger partial charge in [-0.1, -0.05) is 28.9 Å². The number of benzene rings is 2. The number of hydrogen-bond acceptors (Lipinski definition) is 7. The first kappa shape index (κ1) is 21.1. The highest BCUT2D eigenvalue weighted by atomic mass is 35.5. The molecular formula is C23H19ClFN7O. The van der Waals surface area contributed by atoms with Crippen molar-refractivity contribution < 1.29 is 9.13 Å². The molecule has 4 aromatic rings. The Bertz CT molecular complexity index is 1320. The summed E-state index contributed by atoms with van der Waals surface area (Å²) < 4.78 is 18.8. The van der Waals surface area contributed by atoms with Crippen LogP contribution in [0.15, 0.2) is 48.8 Å². The van der Waals surface area contributed by atoms with E-state index in [1.54, 1.807) is 36.7 Å². The van der Waals surface area contributed by atoms with Crippen LogP contribution in [-0.2, 0) is 4.74 Å². The lowest BCUT2D eigenvalue weighted by Crippen LogP contribution is -2.33. The maximum atomic E-state index is 13.5. The predicted octanol–water partition coefficient (Wildman–Crippen LogP) is 4.28. The number of nitrogens with one attached hydrogen (secondary N) is 3. The Morgan fingerprint density at radius 2 is 2.09 bits per heavy atom. The molecule has 1 saturated heterocycles. The molecule has 10 heteroatoms. The molecule has 1 atom stereocenters. The molecule has 1 aliphatic rings. The van der Waals surface area contributed by atoms with E-state index in [1.165, 1.54) is 12.1 Å². The molecule has 166 valence electrons. The van der Waals surface area contributed by atoms with E-state index in [0.29, 0.717) is 58.8 Å². The van der Waals surface area contributed by atoms with E-state index in [0.717, 1.165) is 10.9 Å². The molecular weight excluding hydrogens is 445 g/mol. The fourth-order valence-corrected chi connectivity index (χ4v) is 4.01. The van der Waals surface area contributed by atoms with Gasteiger partial charge in [-0.05, 0) is 29.8 Å². The van der Waals surface area contributed by atoms with Gasteiger partial charge in [0.2, 0.25) is 0 Å². The van der Waals surface area contributed by atoms with E-state index in [4.69, 9.17) is 16.3 Å². The molecule has 2 aromatic carbocycles. The van der Waals surface area contributed by atoms with E-state index in [1.807, 2.05) is 0 Å². The number of pyridine rings is 1. The van der Waals surface area contributed by atoms with Crippen molar-refractivity contribution in [2.24, 2.45) is 5.92 Å². The van der Waals surface area contributed by atoms with E-state index in [-0.39, 0.29) is 5.82 Å². The molecule has 0 saturated carbocycles. The molecule has 1 aliphatic heterocycles. The van der Waals surface area contributed by atoms with E-state index in [9.17, 15) is 9.65 Å². The zero-order valence-electron chi connectivity index (χ0n) is 17.3. The van der Waals surface area contributed by atoms with Gasteiger partial charge in [-0.2, -0.15) is 5.26 Å². The highest BCUT2D eigenvalue weighted by Gasteiger charge is 2.22. The number of nitrogens with zero attached hydrogens (tertiary/aromatic N) is 4. The standard InChI is InChI=1S/C23H19ClFN7O/c24-16-5-18-21(27-8-13-11-33-12-13)15(7-26)9-28-23(18)19(6-16)30-22(20-10-29-32-31-20)14-1-3-17(25)4-2-14/h1-6,9-10,13,22,30H,8,11-12H2,(H,27,28)(H,29,31,32)/t22-/m0/s1. The van der Waals surface area contributed by atoms with Gasteiger partial charge in [0, 0.05) is 35.3 Å². The summed E-state index contributed by atoms with van der Waals surface area (Å²) in [6.45, 7) is 2.07. The van der Waals surface area contributed by atoms with Gasteiger partial charge in [0.25, 0.3) is 0 Å². The number of aromatic nitrogens is 4. The Morgan fingerprint density at radius 1 is 1.27 bits per heavy atom. The smallest absolute Gasteiger partial charge is 0.123 e. The molecule has 0 unspecified atom stereocenters. The lowest BCUT2D eigenvalue weighted by atomic mass is 10.0. The van der Waals surface area contributed by atoms with Crippen LogP contribution in [0, 0.1) is 23.1 Å². The van der Waals surface area contributed by atoms with Crippen LogP contribution in [0.4, 0.5) is 15.8 Å². The molecule has 3 N–H and O–H groups in total. The van der Waals surface area contributed by atoms with Crippen molar-refractivity contribution in [2.75, 3.05) is 30.4 Å². The van der Waals surface area contributed by atoms with Gasteiger partial charge in [-0.25, -0.2) is 4.39 Å². The van der Waals surface area contributed by atoms with E-state index < -0.39 is 6.04 Å². The van der Waals surface area contributed by atoms with Crippen molar-refractivity contribution in [2.45, 2.75) is 6.04 Å². The number of rotatable bonds is 7. The predicted molar refractivity (Wildman–Crippen MR) is 123 cm³/mol. The maximum Gasteiger partial charge on any atom is 0.123 e. The molecule has 5 rings (SSSR count). The summed E-state index contributed by atoms with van der Waals surface area (Å²) in [5, 5.41) is 28.3. The third-order valence-electron chi connectivity index (χ3n) is 5.57. The molecule has 2 aromatic heterocycles. The summed E-state index contributed by atoms with van der Waals surface area (Å²) in [5.41, 5.74) is 3.81. The highest BCUT2D eigenvalue weighted by Crippen LogP contribution is 2.36. The van der Waals surface area contributed by atoms with Gasteiger partial charge in [0.15, 0.2) is 0 Å². The number of anilines is 2. The van der Waals surface area contributed by atoms with Crippen LogP contribution in [0.25, 0.3) is 10.9 Å². The summed E-state index contributed by atoms with van der Waals surface area (Å²) in [5.74, 6) is 0.0655. The van der Waals surface area contributed by atoms with Crippen molar-refractivity contribution in [3.63, 3.8) is 0 Å². The zero-order chi connectivity index (χ0) is 22.8. The highest BCUT2D eigenvalue weighted by molar-refractivity contribution is 6.32. The fourth-order valence-electron chi connectivity index (χ4n) is 3.79. The van der Waals surface area contributed by atoms with Gasteiger partial charge in [-0.15, -0.1) is 5.10 Å². The quantitative estimate of drug-likeness (QED) is 0.375. The average Bonchev–Trinajstić information content (AvgIpc) is 3.31. The minimum atomic E-state index is -0.438. The van der Waals surface area contributed by atoms with Crippen LogP contribution in [0.5, 0.6) is 0 Å². The summed E-state index contributed by atoms with van der Waals surface area (Å²) in [7, 11) is 0. The minimum absolute atomic E-state index is 0.330. The molecule has 0 bridgehead atoms. The van der Waals surface area contributed by atoms with Crippen LogP contribution >= 0.6 is 11.6 Å². The molecule has 3 heterocycles. The third-order valence-corrected chi connectivity index (χ3v) is 5.78. The minimum Gasteiger partial charge on any atom is -0.383 e. The number of aromatic amines is 1. The van der Waals surface area contributed by atoms with Crippen LogP contribution in [0.3, 0.4) is 0 Å². The van der Waals surface area contributed by atoms with Crippen LogP contribution in [-0.4, -0.2) is 40.2 Å². The van der Waals surface area contributed by atoms with Gasteiger partial charge < -0.3 is 15.4 Å². The topological polar surface area (TPSA) is 112 Å². The second-order valence-electron chi connectivity index (χ2n) is 7.82. The number of halogens is 2. The Kier molecular flexibility index (Phi) is 5.77. The lowest BCUT2D eigenvalue weighted by Gasteiger charge is -2.27. The van der Waals surface area contributed by atoms with Crippen LogP contribution in [0.2, 0.25) is 5.02 Å². The summed E-state index contributed by atoms with van der Waals surface area (Å²) in [6.07, 6.45) is 3.21. The van der Waals surface area contributed by atoms with Gasteiger partial charge in [0.05, 0.1) is 41.7 Å². The molecule has 1 fully saturated rings. The SMILES string of the molecule is N#Cc1cnc2c(N[C@@H](c3ccc(F)cc3)c3c[nH]nn3)cc(Cl)cc2c1NCC1COC1. The second-order valence-corrected chi connectivity index (χ2v) is 8.26. The number of nitriles is 1. The monoisotopic (exact) mass is 463 g/mol. The van der Waals surface area contributed by atoms with E-state index in [2.05, 4.69) is 37.1 Å². The van der Waals surface area contributed by atoms with E-state index >= 15 is 0 Å². The van der Waals surface area contributed by atoms with Crippen LogP contribution in [0.1, 0.15) is 22.9 Å². The largest absolute Gasteiger partial charge is 0.383 e. The Morgan fingerprint density at radius 3 is 2.76 bits per heavy atom. The zero-order valence-corrected chi connectivity index (χ0v) is 18.1. The van der Waals surface area contributed by atoms with Crippen molar-refractivity contribution >= 4 is 33.9 Å². The number of H-pyrrole nitrogens is 1. The Balaban J connectivity index is 1.58. The van der Waals surface area contributed by atoms with Gasteiger partial charge in [-0.3, -0.25) is 10.1 Å². The fraction of sp³-hybridized carbons (Fsp3) is 0.217. The normalized spacial score (nSPS) is 14.5. The lowest BCUT2D eigenvalue weighted by molar-refractivity contribution is -0.0248. The summed E-state index contributed by atoms with van der Waals surface area (Å²) >= 11 is 6.49. The third kappa shape index (κ3) is 4.31. The number of fused-ring (bicyclic) bond motifs is 1. The molecule has 0 amide bonds. The molecule has 8 nitrogen and oxygen atoms in total. The van der Waals surface area contributed by atoms with Gasteiger partial charge >= 0.3 is 0 Å². The molecule has 0 spiro atoms. The first-order valence-electron chi connectivity index (χ1n) is 10.3. The Labute approximate surface area is 193 Å². The first-order valence-corrected chi connectivity index (χ1v) is 10.7. The summed E-state index contributed by atoms with van der Waals surface area (Å²) in [6, 6.07) is 11.5. The van der Waals surface area contributed by atoms with Gasteiger partial charge in [0.1, 0.15) is 17.6 Å².